The van der Waals surface area contributed by atoms with Gasteiger partial charge in [0.1, 0.15) is 0 Å². The number of thioether (sulfide) groups is 1. The zero-order valence-electron chi connectivity index (χ0n) is 20.0. The smallest absolute Gasteiger partial charge is 0.294 e. The highest BCUT2D eigenvalue weighted by Gasteiger charge is 2.36. The first-order valence-electron chi connectivity index (χ1n) is 11.9. The fourth-order valence-electron chi connectivity index (χ4n) is 4.63. The van der Waals surface area contributed by atoms with Crippen molar-refractivity contribution in [1.29, 1.82) is 5.26 Å². The summed E-state index contributed by atoms with van der Waals surface area (Å²) in [6.07, 6.45) is 4.15. The Morgan fingerprint density at radius 1 is 1.11 bits per heavy atom. The predicted octanol–water partition coefficient (Wildman–Crippen LogP) is 5.33. The second kappa shape index (κ2) is 10.4. The van der Waals surface area contributed by atoms with Crippen LogP contribution in [0.1, 0.15) is 17.5 Å². The van der Waals surface area contributed by atoms with Gasteiger partial charge in [0.05, 0.1) is 24.1 Å². The molecule has 36 heavy (non-hydrogen) atoms. The highest BCUT2D eigenvalue weighted by Crippen LogP contribution is 2.34. The Hall–Kier alpha value is -3.25. The van der Waals surface area contributed by atoms with Crippen molar-refractivity contribution in [1.82, 2.24) is 14.4 Å². The summed E-state index contributed by atoms with van der Waals surface area (Å²) in [5.74, 6) is -0.258. The monoisotopic (exact) mass is 519 g/mol. The lowest BCUT2D eigenvalue weighted by molar-refractivity contribution is -0.124. The second-order valence-electron chi connectivity index (χ2n) is 8.99. The van der Waals surface area contributed by atoms with Gasteiger partial charge in [0.25, 0.3) is 11.1 Å². The summed E-state index contributed by atoms with van der Waals surface area (Å²) in [7, 11) is 0. The summed E-state index contributed by atoms with van der Waals surface area (Å²) in [5.41, 5.74) is 4.02. The summed E-state index contributed by atoms with van der Waals surface area (Å²) in [5, 5.41) is 10.5. The number of aryl methyl sites for hydroxylation is 2. The van der Waals surface area contributed by atoms with Crippen LogP contribution >= 0.6 is 23.4 Å². The molecule has 2 fully saturated rings. The molecule has 0 spiro atoms. The lowest BCUT2D eigenvalue weighted by Gasteiger charge is -2.37. The Labute approximate surface area is 219 Å². The molecule has 1 aromatic heterocycles. The average molecular weight is 520 g/mol. The Morgan fingerprint density at radius 3 is 2.64 bits per heavy atom. The highest BCUT2D eigenvalue weighted by molar-refractivity contribution is 8.18. The lowest BCUT2D eigenvalue weighted by atomic mass is 10.1. The zero-order valence-corrected chi connectivity index (χ0v) is 21.6. The first-order valence-corrected chi connectivity index (χ1v) is 13.1. The summed E-state index contributed by atoms with van der Waals surface area (Å²) in [6, 6.07) is 16.2. The minimum atomic E-state index is -0.258. The highest BCUT2D eigenvalue weighted by atomic mass is 35.5. The number of aromatic nitrogens is 1. The van der Waals surface area contributed by atoms with Crippen LogP contribution in [0, 0.1) is 18.3 Å². The Bertz CT molecular complexity index is 1400. The van der Waals surface area contributed by atoms with E-state index >= 15 is 0 Å². The van der Waals surface area contributed by atoms with Gasteiger partial charge in [-0.3, -0.25) is 19.4 Å². The molecule has 5 rings (SSSR count). The number of carbonyl (C=O) groups excluding carboxylic acids is 2. The minimum absolute atomic E-state index is 0.243. The molecule has 0 unspecified atom stereocenters. The van der Waals surface area contributed by atoms with E-state index in [-0.39, 0.29) is 17.8 Å². The van der Waals surface area contributed by atoms with Gasteiger partial charge < -0.3 is 9.47 Å². The number of para-hydroxylation sites is 1. The number of hydrogen-bond donors (Lipinski definition) is 0. The van der Waals surface area contributed by atoms with E-state index in [1.807, 2.05) is 54.1 Å². The maximum atomic E-state index is 13.2. The minimum Gasteiger partial charge on any atom is -0.369 e. The van der Waals surface area contributed by atoms with Crippen LogP contribution in [0.15, 0.2) is 53.6 Å². The number of carbonyl (C=O) groups is 2. The van der Waals surface area contributed by atoms with Crippen molar-refractivity contribution >= 4 is 57.2 Å². The Kier molecular flexibility index (Phi) is 7.06. The molecule has 2 amide bonds. The topological polar surface area (TPSA) is 72.6 Å². The molecule has 2 aliphatic heterocycles. The first-order chi connectivity index (χ1) is 17.4. The van der Waals surface area contributed by atoms with Crippen LogP contribution in [0.25, 0.3) is 17.0 Å². The van der Waals surface area contributed by atoms with Crippen LogP contribution in [-0.2, 0) is 11.3 Å². The quantitative estimate of drug-likeness (QED) is 0.410. The molecule has 0 bridgehead atoms. The van der Waals surface area contributed by atoms with Crippen molar-refractivity contribution in [3.05, 3.63) is 69.7 Å². The van der Waals surface area contributed by atoms with Crippen molar-refractivity contribution in [2.75, 3.05) is 37.7 Å². The zero-order chi connectivity index (χ0) is 25.2. The Morgan fingerprint density at radius 2 is 1.89 bits per heavy atom. The summed E-state index contributed by atoms with van der Waals surface area (Å²) < 4.78 is 2.02. The molecule has 3 heterocycles. The van der Waals surface area contributed by atoms with E-state index in [9.17, 15) is 9.59 Å². The first kappa shape index (κ1) is 24.4. The number of rotatable bonds is 6. The van der Waals surface area contributed by atoms with Gasteiger partial charge >= 0.3 is 0 Å². The predicted molar refractivity (Wildman–Crippen MR) is 145 cm³/mol. The number of fused-ring (bicyclic) bond motifs is 1. The normalized spacial score (nSPS) is 18.0. The van der Waals surface area contributed by atoms with E-state index in [4.69, 9.17) is 16.9 Å². The number of amides is 2. The molecule has 0 N–H and O–H groups in total. The standard InChI is InChI=1S/C27H26ClN5O2S/c1-19-7-8-21(16-23(19)28)31-13-11-30(12-14-31)18-33-26(34)25(36-27(33)35)15-20-17-32(10-4-9-29)24-6-3-2-5-22(20)24/h2-3,5-8,15-17H,4,10-14,18H2,1H3/b25-15+. The van der Waals surface area contributed by atoms with Gasteiger partial charge in [0, 0.05) is 66.1 Å². The molecule has 2 aromatic carbocycles. The molecular weight excluding hydrogens is 494 g/mol. The molecule has 2 saturated heterocycles. The molecule has 3 aromatic rings. The van der Waals surface area contributed by atoms with Crippen molar-refractivity contribution in [3.63, 3.8) is 0 Å². The molecule has 0 saturated carbocycles. The number of nitrogens with zero attached hydrogens (tertiary/aromatic N) is 5. The Balaban J connectivity index is 1.27. The van der Waals surface area contributed by atoms with E-state index in [1.54, 1.807) is 6.08 Å². The molecule has 9 heteroatoms. The molecule has 0 radical (unpaired) electrons. The number of hydrogen-bond acceptors (Lipinski definition) is 6. The van der Waals surface area contributed by atoms with Gasteiger partial charge in [-0.05, 0) is 48.5 Å². The molecule has 0 atom stereocenters. The van der Waals surface area contributed by atoms with Gasteiger partial charge in [-0.15, -0.1) is 0 Å². The molecule has 0 aliphatic carbocycles. The van der Waals surface area contributed by atoms with E-state index in [0.29, 0.717) is 17.9 Å². The van der Waals surface area contributed by atoms with Crippen molar-refractivity contribution < 1.29 is 9.59 Å². The molecule has 7 nitrogen and oxygen atoms in total. The van der Waals surface area contributed by atoms with Crippen LogP contribution in [-0.4, -0.2) is 58.4 Å². The van der Waals surface area contributed by atoms with Crippen LogP contribution in [0.5, 0.6) is 0 Å². The number of benzene rings is 2. The van der Waals surface area contributed by atoms with Gasteiger partial charge in [0.2, 0.25) is 0 Å². The van der Waals surface area contributed by atoms with Gasteiger partial charge in [-0.25, -0.2) is 0 Å². The third kappa shape index (κ3) is 4.87. The molecule has 184 valence electrons. The fourth-order valence-corrected chi connectivity index (χ4v) is 5.63. The van der Waals surface area contributed by atoms with E-state index in [1.165, 1.54) is 4.90 Å². The number of halogens is 1. The van der Waals surface area contributed by atoms with Crippen molar-refractivity contribution in [3.8, 4) is 6.07 Å². The van der Waals surface area contributed by atoms with Crippen LogP contribution < -0.4 is 4.90 Å². The number of imide groups is 1. The van der Waals surface area contributed by atoms with Gasteiger partial charge in [-0.1, -0.05) is 35.9 Å². The van der Waals surface area contributed by atoms with Crippen LogP contribution in [0.2, 0.25) is 5.02 Å². The molecule has 2 aliphatic rings. The van der Waals surface area contributed by atoms with E-state index in [0.717, 1.165) is 70.7 Å². The van der Waals surface area contributed by atoms with E-state index in [2.05, 4.69) is 21.9 Å². The average Bonchev–Trinajstić information content (AvgIpc) is 3.37. The van der Waals surface area contributed by atoms with Crippen LogP contribution in [0.3, 0.4) is 0 Å². The van der Waals surface area contributed by atoms with Gasteiger partial charge in [0.15, 0.2) is 0 Å². The SMILES string of the molecule is Cc1ccc(N2CCN(CN3C(=O)S/C(=C/c4cn(CCC#N)c5ccccc45)C3=O)CC2)cc1Cl. The largest absolute Gasteiger partial charge is 0.369 e. The summed E-state index contributed by atoms with van der Waals surface area (Å²) in [4.78, 5) is 32.1. The lowest BCUT2D eigenvalue weighted by Crippen LogP contribution is -2.50. The third-order valence-corrected chi connectivity index (χ3v) is 7.99. The number of piperazine rings is 1. The summed E-state index contributed by atoms with van der Waals surface area (Å²) in [6.45, 7) is 5.95. The molecular formula is C27H26ClN5O2S. The summed E-state index contributed by atoms with van der Waals surface area (Å²) >= 11 is 7.28. The van der Waals surface area contributed by atoms with Crippen molar-refractivity contribution in [2.24, 2.45) is 0 Å². The fraction of sp³-hybridized carbons (Fsp3) is 0.296. The van der Waals surface area contributed by atoms with Crippen molar-refractivity contribution in [2.45, 2.75) is 19.9 Å². The van der Waals surface area contributed by atoms with Crippen LogP contribution in [0.4, 0.5) is 10.5 Å². The number of anilines is 1. The second-order valence-corrected chi connectivity index (χ2v) is 10.4. The third-order valence-electron chi connectivity index (χ3n) is 6.68. The van der Waals surface area contributed by atoms with E-state index < -0.39 is 0 Å². The van der Waals surface area contributed by atoms with Gasteiger partial charge in [-0.2, -0.15) is 5.26 Å². The number of nitriles is 1. The maximum absolute atomic E-state index is 13.2. The maximum Gasteiger partial charge on any atom is 0.294 e.